The van der Waals surface area contributed by atoms with Gasteiger partial charge in [0.2, 0.25) is 0 Å². The van der Waals surface area contributed by atoms with E-state index in [0.717, 1.165) is 24.1 Å². The van der Waals surface area contributed by atoms with Gasteiger partial charge in [0.1, 0.15) is 0 Å². The zero-order valence-corrected chi connectivity index (χ0v) is 7.47. The van der Waals surface area contributed by atoms with Crippen molar-refractivity contribution in [2.45, 2.75) is 32.4 Å². The number of quaternary nitrogens is 1. The van der Waals surface area contributed by atoms with Crippen LogP contribution in [-0.4, -0.2) is 31.0 Å². The largest absolute Gasteiger partial charge is 0.837 e. The lowest BCUT2D eigenvalue weighted by Gasteiger charge is -2.30. The van der Waals surface area contributed by atoms with E-state index in [-0.39, 0.29) is 0 Å². The fourth-order valence-electron chi connectivity index (χ4n) is 1.56. The van der Waals surface area contributed by atoms with Crippen LogP contribution in [0.2, 0.25) is 0 Å². The summed E-state index contributed by atoms with van der Waals surface area (Å²) in [7, 11) is 2.10. The average Bonchev–Trinajstić information content (AvgIpc) is 2.28. The van der Waals surface area contributed by atoms with Gasteiger partial charge in [-0.2, -0.15) is 5.43 Å². The summed E-state index contributed by atoms with van der Waals surface area (Å²) in [6, 6.07) is 0. The van der Waals surface area contributed by atoms with E-state index in [9.17, 15) is 5.11 Å². The number of nitrogens with one attached hydrogen (secondary N) is 1. The minimum absolute atomic E-state index is 0.531. The quantitative estimate of drug-likeness (QED) is 0.579. The van der Waals surface area contributed by atoms with Crippen LogP contribution >= 0.6 is 0 Å². The molecule has 1 N–H and O–H groups in total. The zero-order chi connectivity index (χ0) is 8.32. The fraction of sp³-hybridized carbons (Fsp3) is 1.00. The molecule has 0 aromatic heterocycles. The van der Waals surface area contributed by atoms with Crippen molar-refractivity contribution in [2.75, 3.05) is 20.1 Å². The monoisotopic (exact) mass is 158 g/mol. The Labute approximate surface area is 68.6 Å². The molecule has 0 aliphatic carbocycles. The summed E-state index contributed by atoms with van der Waals surface area (Å²) in [5, 5.41) is 11.0. The molecule has 0 bridgehead atoms. The molecule has 0 spiro atoms. The van der Waals surface area contributed by atoms with Gasteiger partial charge < -0.3 is 5.11 Å². The molecule has 1 aliphatic heterocycles. The molecule has 0 saturated carbocycles. The zero-order valence-electron chi connectivity index (χ0n) is 7.47. The molecular weight excluding hydrogens is 140 g/mol. The molecule has 3 nitrogen and oxygen atoms in total. The van der Waals surface area contributed by atoms with Crippen LogP contribution in [0.3, 0.4) is 0 Å². The van der Waals surface area contributed by atoms with Crippen molar-refractivity contribution in [3.05, 3.63) is 0 Å². The van der Waals surface area contributed by atoms with Gasteiger partial charge in [0.05, 0.1) is 20.1 Å². The van der Waals surface area contributed by atoms with E-state index in [1.165, 1.54) is 12.8 Å². The summed E-state index contributed by atoms with van der Waals surface area (Å²) >= 11 is 0. The first-order chi connectivity index (χ1) is 5.16. The van der Waals surface area contributed by atoms with Crippen molar-refractivity contribution in [1.29, 1.82) is 0 Å². The van der Waals surface area contributed by atoms with Gasteiger partial charge in [-0.3, -0.25) is 0 Å². The normalized spacial score (nSPS) is 37.9. The number of unbranched alkanes of at least 4 members (excludes halogenated alkanes) is 1. The maximum absolute atomic E-state index is 11.0. The molecule has 0 aromatic rings. The summed E-state index contributed by atoms with van der Waals surface area (Å²) in [4.78, 5) is 0. The molecular formula is C8H18N2O. The molecule has 1 saturated heterocycles. The SMILES string of the molecule is CCCC[N+]1(C)CCC([O-])N1. The summed E-state index contributed by atoms with van der Waals surface area (Å²) in [5.41, 5.74) is 3.05. The topological polar surface area (TPSA) is 35.1 Å². The third-order valence-corrected chi connectivity index (χ3v) is 2.35. The fourth-order valence-corrected chi connectivity index (χ4v) is 1.56. The molecule has 0 aromatic carbocycles. The van der Waals surface area contributed by atoms with E-state index in [1.807, 2.05) is 0 Å². The van der Waals surface area contributed by atoms with Crippen LogP contribution in [-0.2, 0) is 0 Å². The van der Waals surface area contributed by atoms with Gasteiger partial charge in [-0.1, -0.05) is 13.3 Å². The number of hydrogen-bond acceptors (Lipinski definition) is 2. The summed E-state index contributed by atoms with van der Waals surface area (Å²) in [6.45, 7) is 4.26. The van der Waals surface area contributed by atoms with E-state index in [1.54, 1.807) is 0 Å². The van der Waals surface area contributed by atoms with Gasteiger partial charge in [0.15, 0.2) is 0 Å². The van der Waals surface area contributed by atoms with Gasteiger partial charge >= 0.3 is 0 Å². The molecule has 1 fully saturated rings. The van der Waals surface area contributed by atoms with Crippen LogP contribution in [0.1, 0.15) is 26.2 Å². The standard InChI is InChI=1S/C8H18N2O/c1-3-4-6-10(2)7-5-8(11)9-10/h8-9H,3-7H2,1-2H3. The number of hydrogen-bond donors (Lipinski definition) is 1. The Hall–Kier alpha value is -0.120. The Balaban J connectivity index is 2.29. The van der Waals surface area contributed by atoms with E-state index >= 15 is 0 Å². The molecule has 1 rings (SSSR count). The second-order valence-electron chi connectivity index (χ2n) is 3.60. The van der Waals surface area contributed by atoms with E-state index in [0.29, 0.717) is 0 Å². The summed E-state index contributed by atoms with van der Waals surface area (Å²) < 4.78 is 0.780. The second kappa shape index (κ2) is 3.52. The van der Waals surface area contributed by atoms with E-state index < -0.39 is 6.23 Å². The van der Waals surface area contributed by atoms with Crippen LogP contribution in [0.5, 0.6) is 0 Å². The van der Waals surface area contributed by atoms with E-state index in [4.69, 9.17) is 0 Å². The van der Waals surface area contributed by atoms with Gasteiger partial charge in [0.25, 0.3) is 0 Å². The second-order valence-corrected chi connectivity index (χ2v) is 3.60. The third-order valence-electron chi connectivity index (χ3n) is 2.35. The Kier molecular flexibility index (Phi) is 2.87. The predicted molar refractivity (Wildman–Crippen MR) is 42.4 cm³/mol. The average molecular weight is 158 g/mol. The minimum atomic E-state index is -0.531. The van der Waals surface area contributed by atoms with Gasteiger partial charge in [-0.25, -0.2) is 4.59 Å². The molecule has 3 heteroatoms. The Morgan fingerprint density at radius 2 is 2.36 bits per heavy atom. The van der Waals surface area contributed by atoms with Crippen LogP contribution in [0, 0.1) is 0 Å². The highest BCUT2D eigenvalue weighted by Gasteiger charge is 2.27. The smallest absolute Gasteiger partial charge is 0.0963 e. The predicted octanol–water partition coefficient (Wildman–Crippen LogP) is -0.172. The first kappa shape index (κ1) is 8.97. The van der Waals surface area contributed by atoms with Crippen LogP contribution in [0.15, 0.2) is 0 Å². The molecule has 0 radical (unpaired) electrons. The van der Waals surface area contributed by atoms with Crippen molar-refractivity contribution in [3.63, 3.8) is 0 Å². The van der Waals surface area contributed by atoms with Crippen molar-refractivity contribution < 1.29 is 9.70 Å². The van der Waals surface area contributed by atoms with Crippen molar-refractivity contribution in [3.8, 4) is 0 Å². The highest BCUT2D eigenvalue weighted by atomic mass is 16.3. The lowest BCUT2D eigenvalue weighted by Crippen LogP contribution is -2.55. The molecule has 66 valence electrons. The molecule has 0 amide bonds. The van der Waals surface area contributed by atoms with E-state index in [2.05, 4.69) is 19.4 Å². The molecule has 2 atom stereocenters. The first-order valence-electron chi connectivity index (χ1n) is 4.44. The Morgan fingerprint density at radius 3 is 2.82 bits per heavy atom. The summed E-state index contributed by atoms with van der Waals surface area (Å²) in [5.74, 6) is 0. The van der Waals surface area contributed by atoms with Crippen molar-refractivity contribution >= 4 is 0 Å². The van der Waals surface area contributed by atoms with Gasteiger partial charge in [-0.05, 0) is 12.6 Å². The molecule has 1 heterocycles. The maximum Gasteiger partial charge on any atom is 0.0963 e. The highest BCUT2D eigenvalue weighted by Crippen LogP contribution is 2.10. The molecule has 1 aliphatic rings. The summed E-state index contributed by atoms with van der Waals surface area (Å²) in [6.07, 6.45) is 2.66. The molecule has 2 unspecified atom stereocenters. The van der Waals surface area contributed by atoms with Crippen molar-refractivity contribution in [2.24, 2.45) is 0 Å². The lowest BCUT2D eigenvalue weighted by molar-refractivity contribution is -0.946. The lowest BCUT2D eigenvalue weighted by atomic mass is 10.3. The minimum Gasteiger partial charge on any atom is -0.837 e. The number of rotatable bonds is 3. The van der Waals surface area contributed by atoms with Crippen LogP contribution in [0.4, 0.5) is 0 Å². The maximum atomic E-state index is 11.0. The number of nitrogens with zero attached hydrogens (tertiary/aromatic N) is 1. The Bertz CT molecular complexity index is 129. The highest BCUT2D eigenvalue weighted by molar-refractivity contribution is 4.52. The van der Waals surface area contributed by atoms with Crippen molar-refractivity contribution in [1.82, 2.24) is 5.43 Å². The Morgan fingerprint density at radius 1 is 1.64 bits per heavy atom. The third kappa shape index (κ3) is 2.43. The van der Waals surface area contributed by atoms with Crippen LogP contribution < -0.4 is 10.5 Å². The molecule has 11 heavy (non-hydrogen) atoms. The van der Waals surface area contributed by atoms with Gasteiger partial charge in [0, 0.05) is 6.42 Å². The van der Waals surface area contributed by atoms with Gasteiger partial charge in [-0.15, -0.1) is 0 Å². The van der Waals surface area contributed by atoms with Crippen LogP contribution in [0.25, 0.3) is 0 Å². The first-order valence-corrected chi connectivity index (χ1v) is 4.44.